The van der Waals surface area contributed by atoms with Crippen molar-refractivity contribution in [3.8, 4) is 0 Å². The van der Waals surface area contributed by atoms with Gasteiger partial charge in [-0.25, -0.2) is 9.78 Å². The van der Waals surface area contributed by atoms with Gasteiger partial charge in [-0.05, 0) is 25.0 Å². The normalized spacial score (nSPS) is 10.3. The number of nitrogens with zero attached hydrogens (tertiary/aromatic N) is 1. The van der Waals surface area contributed by atoms with Crippen LogP contribution in [0.3, 0.4) is 0 Å². The number of carbonyl (C=O) groups is 2. The smallest absolute Gasteiger partial charge is 0.312 e. The molecule has 0 bridgehead atoms. The second kappa shape index (κ2) is 8.08. The number of anilines is 1. The highest BCUT2D eigenvalue weighted by Gasteiger charge is 2.11. The zero-order chi connectivity index (χ0) is 15.8. The molecule has 1 heterocycles. The summed E-state index contributed by atoms with van der Waals surface area (Å²) >= 11 is 0. The Morgan fingerprint density at radius 1 is 1.24 bits per heavy atom. The Balaban J connectivity index is 2.75. The van der Waals surface area contributed by atoms with Gasteiger partial charge in [-0.2, -0.15) is 0 Å². The number of hydrogen-bond donors (Lipinski definition) is 4. The maximum Gasteiger partial charge on any atom is 0.312 e. The van der Waals surface area contributed by atoms with Crippen LogP contribution in [0.1, 0.15) is 42.7 Å². The number of amides is 3. The Labute approximate surface area is 124 Å². The molecule has 7 nitrogen and oxygen atoms in total. The molecule has 5 N–H and O–H groups in total. The highest BCUT2D eigenvalue weighted by Crippen LogP contribution is 2.17. The minimum absolute atomic E-state index is 0.204. The first kappa shape index (κ1) is 16.7. The van der Waals surface area contributed by atoms with E-state index in [4.69, 9.17) is 5.73 Å². The van der Waals surface area contributed by atoms with Gasteiger partial charge in [0.1, 0.15) is 5.82 Å². The van der Waals surface area contributed by atoms with Gasteiger partial charge in [0.15, 0.2) is 0 Å². The Morgan fingerprint density at radius 2 is 1.90 bits per heavy atom. The molecule has 0 unspecified atom stereocenters. The van der Waals surface area contributed by atoms with Crippen molar-refractivity contribution in [3.05, 3.63) is 23.4 Å². The summed E-state index contributed by atoms with van der Waals surface area (Å²) in [5.41, 5.74) is 6.35. The van der Waals surface area contributed by atoms with E-state index in [0.29, 0.717) is 24.5 Å². The molecule has 7 heteroatoms. The number of primary amides is 1. The molecular formula is C14H23N5O2. The lowest BCUT2D eigenvalue weighted by molar-refractivity contribution is 0.0953. The molecule has 0 aliphatic heterocycles. The Hall–Kier alpha value is -2.31. The fraction of sp³-hybridized carbons (Fsp3) is 0.500. The zero-order valence-electron chi connectivity index (χ0n) is 12.7. The van der Waals surface area contributed by atoms with E-state index in [1.807, 2.05) is 20.8 Å². The van der Waals surface area contributed by atoms with Crippen molar-refractivity contribution in [2.75, 3.05) is 25.0 Å². The first-order valence-corrected chi connectivity index (χ1v) is 7.01. The van der Waals surface area contributed by atoms with Gasteiger partial charge in [-0.3, -0.25) is 4.79 Å². The van der Waals surface area contributed by atoms with E-state index in [1.54, 1.807) is 12.1 Å². The minimum atomic E-state index is -0.607. The number of pyridine rings is 1. The average Bonchev–Trinajstić information content (AvgIpc) is 2.43. The third-order valence-electron chi connectivity index (χ3n) is 2.77. The van der Waals surface area contributed by atoms with Crippen LogP contribution in [-0.4, -0.2) is 36.6 Å². The summed E-state index contributed by atoms with van der Waals surface area (Å²) in [5, 5.41) is 8.25. The maximum atomic E-state index is 12.1. The first-order chi connectivity index (χ1) is 9.93. The van der Waals surface area contributed by atoms with Crippen LogP contribution in [0.5, 0.6) is 0 Å². The van der Waals surface area contributed by atoms with Gasteiger partial charge >= 0.3 is 6.03 Å². The van der Waals surface area contributed by atoms with Crippen LogP contribution in [0.15, 0.2) is 12.1 Å². The Kier molecular flexibility index (Phi) is 6.45. The molecule has 0 radical (unpaired) electrons. The third-order valence-corrected chi connectivity index (χ3v) is 2.77. The van der Waals surface area contributed by atoms with Gasteiger partial charge in [-0.1, -0.05) is 13.8 Å². The summed E-state index contributed by atoms with van der Waals surface area (Å²) in [6, 6.07) is 2.89. The number of hydrogen-bond acceptors (Lipinski definition) is 4. The fourth-order valence-electron chi connectivity index (χ4n) is 1.71. The number of nitrogens with two attached hydrogens (primary N) is 1. The lowest BCUT2D eigenvalue weighted by Crippen LogP contribution is -2.37. The summed E-state index contributed by atoms with van der Waals surface area (Å²) in [7, 11) is 0. The van der Waals surface area contributed by atoms with Crippen LogP contribution in [0.25, 0.3) is 0 Å². The van der Waals surface area contributed by atoms with Crippen molar-refractivity contribution >= 4 is 17.8 Å². The fourth-order valence-corrected chi connectivity index (χ4v) is 1.71. The standard InChI is InChI=1S/C14H23N5O2/c1-4-16-12-8-10(7-11(19-12)9(2)3)13(20)17-5-6-18-14(15)21/h7-9H,4-6H2,1-3H3,(H,16,19)(H,17,20)(H3,15,18,21). The van der Waals surface area contributed by atoms with Crippen molar-refractivity contribution in [2.24, 2.45) is 5.73 Å². The second-order valence-corrected chi connectivity index (χ2v) is 4.90. The molecule has 3 amide bonds. The quantitative estimate of drug-likeness (QED) is 0.563. The van der Waals surface area contributed by atoms with Crippen LogP contribution >= 0.6 is 0 Å². The Morgan fingerprint density at radius 3 is 2.48 bits per heavy atom. The van der Waals surface area contributed by atoms with Crippen LogP contribution in [0.4, 0.5) is 10.6 Å². The van der Waals surface area contributed by atoms with Gasteiger partial charge in [0.05, 0.1) is 0 Å². The van der Waals surface area contributed by atoms with Gasteiger partial charge < -0.3 is 21.7 Å². The molecule has 0 fully saturated rings. The minimum Gasteiger partial charge on any atom is -0.370 e. The molecule has 0 aliphatic carbocycles. The molecule has 1 rings (SSSR count). The van der Waals surface area contributed by atoms with Crippen molar-refractivity contribution in [1.82, 2.24) is 15.6 Å². The molecule has 21 heavy (non-hydrogen) atoms. The maximum absolute atomic E-state index is 12.1. The predicted molar refractivity (Wildman–Crippen MR) is 82.4 cm³/mol. The predicted octanol–water partition coefficient (Wildman–Crippen LogP) is 1.03. The van der Waals surface area contributed by atoms with Gasteiger partial charge in [0.2, 0.25) is 0 Å². The molecule has 0 saturated carbocycles. The van der Waals surface area contributed by atoms with E-state index in [0.717, 1.165) is 12.2 Å². The van der Waals surface area contributed by atoms with E-state index in [2.05, 4.69) is 20.9 Å². The van der Waals surface area contributed by atoms with Crippen molar-refractivity contribution in [1.29, 1.82) is 0 Å². The topological polar surface area (TPSA) is 109 Å². The van der Waals surface area contributed by atoms with Gasteiger partial charge in [0.25, 0.3) is 5.91 Å². The highest BCUT2D eigenvalue weighted by atomic mass is 16.2. The van der Waals surface area contributed by atoms with E-state index >= 15 is 0 Å². The number of carbonyl (C=O) groups excluding carboxylic acids is 2. The molecule has 0 saturated heterocycles. The van der Waals surface area contributed by atoms with Crippen LogP contribution in [0, 0.1) is 0 Å². The van der Waals surface area contributed by atoms with E-state index in [1.165, 1.54) is 0 Å². The van der Waals surface area contributed by atoms with Gasteiger partial charge in [-0.15, -0.1) is 0 Å². The average molecular weight is 293 g/mol. The number of aromatic nitrogens is 1. The van der Waals surface area contributed by atoms with Crippen molar-refractivity contribution < 1.29 is 9.59 Å². The molecule has 1 aromatic heterocycles. The third kappa shape index (κ3) is 5.68. The molecular weight excluding hydrogens is 270 g/mol. The van der Waals surface area contributed by atoms with E-state index in [9.17, 15) is 9.59 Å². The summed E-state index contributed by atoms with van der Waals surface area (Å²) in [5.74, 6) is 0.709. The highest BCUT2D eigenvalue weighted by molar-refractivity contribution is 5.95. The van der Waals surface area contributed by atoms with Gasteiger partial charge in [0, 0.05) is 30.9 Å². The molecule has 0 aliphatic rings. The molecule has 116 valence electrons. The van der Waals surface area contributed by atoms with E-state index in [-0.39, 0.29) is 11.8 Å². The molecule has 0 aromatic carbocycles. The summed E-state index contributed by atoms with van der Waals surface area (Å²) in [6.07, 6.45) is 0. The number of rotatable bonds is 7. The van der Waals surface area contributed by atoms with Crippen LogP contribution in [-0.2, 0) is 0 Å². The lowest BCUT2D eigenvalue weighted by atomic mass is 10.1. The molecule has 1 aromatic rings. The SMILES string of the molecule is CCNc1cc(C(=O)NCCNC(N)=O)cc(C(C)C)n1. The van der Waals surface area contributed by atoms with Crippen molar-refractivity contribution in [2.45, 2.75) is 26.7 Å². The van der Waals surface area contributed by atoms with Crippen molar-refractivity contribution in [3.63, 3.8) is 0 Å². The second-order valence-electron chi connectivity index (χ2n) is 4.90. The monoisotopic (exact) mass is 293 g/mol. The van der Waals surface area contributed by atoms with Crippen LogP contribution < -0.4 is 21.7 Å². The number of urea groups is 1. The molecule has 0 spiro atoms. The van der Waals surface area contributed by atoms with E-state index < -0.39 is 6.03 Å². The van der Waals surface area contributed by atoms with Crippen LogP contribution in [0.2, 0.25) is 0 Å². The lowest BCUT2D eigenvalue weighted by Gasteiger charge is -2.12. The largest absolute Gasteiger partial charge is 0.370 e. The zero-order valence-corrected chi connectivity index (χ0v) is 12.7. The Bertz CT molecular complexity index is 502. The summed E-state index contributed by atoms with van der Waals surface area (Å²) in [4.78, 5) is 27.1. The summed E-state index contributed by atoms with van der Waals surface area (Å²) in [6.45, 7) is 7.37. The molecule has 0 atom stereocenters. The number of nitrogens with one attached hydrogen (secondary N) is 3. The first-order valence-electron chi connectivity index (χ1n) is 7.01. The summed E-state index contributed by atoms with van der Waals surface area (Å²) < 4.78 is 0.